The van der Waals surface area contributed by atoms with Crippen molar-refractivity contribution in [2.45, 2.75) is 6.54 Å². The van der Waals surface area contributed by atoms with Crippen LogP contribution >= 0.6 is 11.6 Å². The Bertz CT molecular complexity index is 1280. The molecule has 0 aliphatic carbocycles. The Kier molecular flexibility index (Phi) is 3.58. The normalized spacial score (nSPS) is 11.5. The third-order valence-electron chi connectivity index (χ3n) is 4.29. The standard InChI is InChI=1S/C18H11ClFN7/c19-14-4-2-1-3-12(14)10-26-16-15(22-25-26)9-21-27-17(23-24-18(16)27)11-5-7-13(20)8-6-11/h1-9H,10H2. The van der Waals surface area contributed by atoms with Crippen LogP contribution in [0.1, 0.15) is 5.56 Å². The molecule has 0 radical (unpaired) electrons. The lowest BCUT2D eigenvalue weighted by Crippen LogP contribution is -2.04. The average molecular weight is 380 g/mol. The van der Waals surface area contributed by atoms with Crippen LogP contribution in [0.4, 0.5) is 4.39 Å². The summed E-state index contributed by atoms with van der Waals surface area (Å²) >= 11 is 6.27. The van der Waals surface area contributed by atoms with Gasteiger partial charge in [0.15, 0.2) is 5.82 Å². The van der Waals surface area contributed by atoms with Crippen molar-refractivity contribution in [3.8, 4) is 11.4 Å². The molecule has 3 heterocycles. The summed E-state index contributed by atoms with van der Waals surface area (Å²) in [6.45, 7) is 0.439. The SMILES string of the molecule is Fc1ccc(-c2nnc3c4c(cnn23)nnn4Cc2ccccc2Cl)cc1. The summed E-state index contributed by atoms with van der Waals surface area (Å²) in [6, 6.07) is 13.6. The lowest BCUT2D eigenvalue weighted by Gasteiger charge is -2.05. The van der Waals surface area contributed by atoms with Crippen molar-refractivity contribution in [2.24, 2.45) is 0 Å². The van der Waals surface area contributed by atoms with E-state index in [2.05, 4.69) is 25.6 Å². The van der Waals surface area contributed by atoms with Crippen molar-refractivity contribution < 1.29 is 4.39 Å². The van der Waals surface area contributed by atoms with E-state index in [9.17, 15) is 4.39 Å². The van der Waals surface area contributed by atoms with Gasteiger partial charge in [-0.3, -0.25) is 0 Å². The van der Waals surface area contributed by atoms with E-state index in [1.54, 1.807) is 27.5 Å². The van der Waals surface area contributed by atoms with Gasteiger partial charge in [-0.15, -0.1) is 15.3 Å². The minimum Gasteiger partial charge on any atom is -0.236 e. The number of fused-ring (bicyclic) bond motifs is 3. The molecule has 27 heavy (non-hydrogen) atoms. The molecule has 0 bridgehead atoms. The van der Waals surface area contributed by atoms with E-state index in [1.807, 2.05) is 24.3 Å². The highest BCUT2D eigenvalue weighted by Gasteiger charge is 2.17. The van der Waals surface area contributed by atoms with Gasteiger partial charge in [0, 0.05) is 10.6 Å². The molecule has 0 N–H and O–H groups in total. The molecule has 0 aliphatic rings. The van der Waals surface area contributed by atoms with Crippen molar-refractivity contribution in [2.75, 3.05) is 0 Å². The number of halogens is 2. The van der Waals surface area contributed by atoms with E-state index in [4.69, 9.17) is 11.6 Å². The first kappa shape index (κ1) is 15.8. The van der Waals surface area contributed by atoms with E-state index in [-0.39, 0.29) is 5.82 Å². The molecule has 5 aromatic rings. The van der Waals surface area contributed by atoms with Crippen LogP contribution in [0.5, 0.6) is 0 Å². The second-order valence-electron chi connectivity index (χ2n) is 5.98. The Labute approximate surface area is 157 Å². The Morgan fingerprint density at radius 2 is 1.78 bits per heavy atom. The summed E-state index contributed by atoms with van der Waals surface area (Å²) in [7, 11) is 0. The number of benzene rings is 2. The molecule has 3 aromatic heterocycles. The second kappa shape index (κ2) is 6.10. The van der Waals surface area contributed by atoms with Gasteiger partial charge in [-0.25, -0.2) is 9.07 Å². The minimum absolute atomic E-state index is 0.315. The van der Waals surface area contributed by atoms with Crippen LogP contribution < -0.4 is 0 Å². The average Bonchev–Trinajstić information content (AvgIpc) is 3.28. The summed E-state index contributed by atoms with van der Waals surface area (Å²) in [5.41, 5.74) is 3.45. The first-order valence-electron chi connectivity index (χ1n) is 8.13. The largest absolute Gasteiger partial charge is 0.236 e. The Hall–Kier alpha value is -3.39. The molecule has 0 atom stereocenters. The summed E-state index contributed by atoms with van der Waals surface area (Å²) in [6.07, 6.45) is 1.61. The van der Waals surface area contributed by atoms with Crippen molar-refractivity contribution in [3.05, 3.63) is 71.1 Å². The zero-order chi connectivity index (χ0) is 18.4. The maximum Gasteiger partial charge on any atom is 0.205 e. The molecule has 0 fully saturated rings. The van der Waals surface area contributed by atoms with E-state index in [1.165, 1.54) is 12.1 Å². The fourth-order valence-corrected chi connectivity index (χ4v) is 3.17. The molecular formula is C18H11ClFN7. The molecule has 7 nitrogen and oxygen atoms in total. The molecule has 0 spiro atoms. The molecular weight excluding hydrogens is 369 g/mol. The fraction of sp³-hybridized carbons (Fsp3) is 0.0556. The predicted octanol–water partition coefficient (Wildman–Crippen LogP) is 3.38. The zero-order valence-corrected chi connectivity index (χ0v) is 14.5. The van der Waals surface area contributed by atoms with Crippen LogP contribution in [0, 0.1) is 5.82 Å². The van der Waals surface area contributed by atoms with Crippen LogP contribution in [-0.2, 0) is 6.54 Å². The van der Waals surface area contributed by atoms with Crippen molar-refractivity contribution >= 4 is 28.3 Å². The molecule has 5 rings (SSSR count). The van der Waals surface area contributed by atoms with Crippen LogP contribution in [0.3, 0.4) is 0 Å². The second-order valence-corrected chi connectivity index (χ2v) is 6.39. The van der Waals surface area contributed by atoms with E-state index in [0.717, 1.165) is 5.56 Å². The van der Waals surface area contributed by atoms with Gasteiger partial charge >= 0.3 is 0 Å². The lowest BCUT2D eigenvalue weighted by molar-refractivity contribution is 0.628. The molecule has 0 unspecified atom stereocenters. The minimum atomic E-state index is -0.315. The number of hydrogen-bond acceptors (Lipinski definition) is 5. The van der Waals surface area contributed by atoms with Crippen molar-refractivity contribution in [3.63, 3.8) is 0 Å². The van der Waals surface area contributed by atoms with Gasteiger partial charge in [-0.05, 0) is 35.9 Å². The predicted molar refractivity (Wildman–Crippen MR) is 97.8 cm³/mol. The van der Waals surface area contributed by atoms with Gasteiger partial charge in [0.1, 0.15) is 16.9 Å². The van der Waals surface area contributed by atoms with Crippen LogP contribution in [-0.4, -0.2) is 34.8 Å². The maximum atomic E-state index is 13.2. The van der Waals surface area contributed by atoms with Gasteiger partial charge in [0.25, 0.3) is 0 Å². The first-order chi connectivity index (χ1) is 13.2. The van der Waals surface area contributed by atoms with Gasteiger partial charge in [0.2, 0.25) is 5.65 Å². The smallest absolute Gasteiger partial charge is 0.205 e. The van der Waals surface area contributed by atoms with E-state index >= 15 is 0 Å². The van der Waals surface area contributed by atoms with Crippen LogP contribution in [0.2, 0.25) is 5.02 Å². The summed E-state index contributed by atoms with van der Waals surface area (Å²) < 4.78 is 16.5. The number of nitrogens with zero attached hydrogens (tertiary/aromatic N) is 7. The van der Waals surface area contributed by atoms with Crippen LogP contribution in [0.25, 0.3) is 28.1 Å². The third-order valence-corrected chi connectivity index (χ3v) is 4.66. The van der Waals surface area contributed by atoms with Gasteiger partial charge in [-0.2, -0.15) is 9.61 Å². The molecule has 0 aliphatic heterocycles. The molecule has 0 amide bonds. The zero-order valence-electron chi connectivity index (χ0n) is 13.8. The van der Waals surface area contributed by atoms with E-state index < -0.39 is 0 Å². The van der Waals surface area contributed by atoms with Gasteiger partial charge in [-0.1, -0.05) is 35.0 Å². The number of aromatic nitrogens is 7. The Balaban J connectivity index is 1.68. The highest BCUT2D eigenvalue weighted by Crippen LogP contribution is 2.23. The maximum absolute atomic E-state index is 13.2. The number of hydrogen-bond donors (Lipinski definition) is 0. The lowest BCUT2D eigenvalue weighted by atomic mass is 10.2. The Morgan fingerprint density at radius 1 is 0.963 bits per heavy atom. The monoisotopic (exact) mass is 379 g/mol. The van der Waals surface area contributed by atoms with Crippen molar-refractivity contribution in [1.29, 1.82) is 0 Å². The Morgan fingerprint density at radius 3 is 2.59 bits per heavy atom. The third kappa shape index (κ3) is 2.61. The highest BCUT2D eigenvalue weighted by molar-refractivity contribution is 6.31. The van der Waals surface area contributed by atoms with Gasteiger partial charge in [0.05, 0.1) is 12.7 Å². The summed E-state index contributed by atoms with van der Waals surface area (Å²) in [5.74, 6) is 0.197. The molecule has 0 saturated carbocycles. The fourth-order valence-electron chi connectivity index (χ4n) is 2.97. The molecule has 2 aromatic carbocycles. The summed E-state index contributed by atoms with van der Waals surface area (Å²) in [5, 5.41) is 21.9. The highest BCUT2D eigenvalue weighted by atomic mass is 35.5. The van der Waals surface area contributed by atoms with Crippen LogP contribution in [0.15, 0.2) is 54.7 Å². The molecule has 0 saturated heterocycles. The summed E-state index contributed by atoms with van der Waals surface area (Å²) in [4.78, 5) is 0. The molecule has 132 valence electrons. The van der Waals surface area contributed by atoms with Crippen molar-refractivity contribution in [1.82, 2.24) is 34.8 Å². The quantitative estimate of drug-likeness (QED) is 0.480. The first-order valence-corrected chi connectivity index (χ1v) is 8.51. The molecule has 9 heteroatoms. The number of rotatable bonds is 3. The van der Waals surface area contributed by atoms with E-state index in [0.29, 0.717) is 39.6 Å². The topological polar surface area (TPSA) is 73.8 Å². The van der Waals surface area contributed by atoms with Gasteiger partial charge < -0.3 is 0 Å².